The highest BCUT2D eigenvalue weighted by molar-refractivity contribution is 5.86. The number of anilines is 1. The van der Waals surface area contributed by atoms with Crippen molar-refractivity contribution in [1.29, 1.82) is 0 Å². The number of nitrogens with one attached hydrogen (secondary N) is 1. The number of aromatic nitrogens is 3. The Morgan fingerprint density at radius 2 is 2.03 bits per heavy atom. The Hall–Kier alpha value is -2.95. The highest BCUT2D eigenvalue weighted by Crippen LogP contribution is 2.36. The minimum absolute atomic E-state index is 0.00715. The molecule has 0 spiro atoms. The molecule has 0 radical (unpaired) electrons. The predicted octanol–water partition coefficient (Wildman–Crippen LogP) is 2.96. The molecule has 0 fully saturated rings. The van der Waals surface area contributed by atoms with Crippen LogP contribution in [0.2, 0.25) is 0 Å². The largest absolute Gasteiger partial charge is 0.388 e. The molecule has 4 atom stereocenters. The number of nitrogens with zero attached hydrogens (tertiary/aromatic N) is 3. The highest BCUT2D eigenvalue weighted by atomic mass is 19.3. The van der Waals surface area contributed by atoms with E-state index in [0.717, 1.165) is 0 Å². The maximum atomic E-state index is 14.8. The fourth-order valence-electron chi connectivity index (χ4n) is 5.12. The van der Waals surface area contributed by atoms with E-state index in [1.165, 1.54) is 12.4 Å². The molecular weight excluding hydrogens is 447 g/mol. The first-order valence-electron chi connectivity index (χ1n) is 11.2. The van der Waals surface area contributed by atoms with Crippen molar-refractivity contribution in [3.8, 4) is 0 Å². The highest BCUT2D eigenvalue weighted by Gasteiger charge is 2.36. The van der Waals surface area contributed by atoms with Gasteiger partial charge in [-0.05, 0) is 60.6 Å². The van der Waals surface area contributed by atoms with Crippen LogP contribution in [0, 0.1) is 5.82 Å². The van der Waals surface area contributed by atoms with Crippen LogP contribution in [-0.4, -0.2) is 43.0 Å². The van der Waals surface area contributed by atoms with Crippen molar-refractivity contribution in [2.24, 2.45) is 0 Å². The van der Waals surface area contributed by atoms with Gasteiger partial charge in [0.15, 0.2) is 0 Å². The normalized spacial score (nSPS) is 24.6. The summed E-state index contributed by atoms with van der Waals surface area (Å²) < 4.78 is 43.6. The van der Waals surface area contributed by atoms with Crippen LogP contribution in [0.1, 0.15) is 48.1 Å². The Labute approximate surface area is 194 Å². The third kappa shape index (κ3) is 3.75. The lowest BCUT2D eigenvalue weighted by atomic mass is 9.87. The molecule has 3 heterocycles. The van der Waals surface area contributed by atoms with Crippen LogP contribution in [0.15, 0.2) is 36.3 Å². The second-order valence-corrected chi connectivity index (χ2v) is 9.07. The number of nitrogens with two attached hydrogens (primary N) is 1. The molecule has 180 valence electrons. The van der Waals surface area contributed by atoms with Crippen LogP contribution in [-0.2, 0) is 19.4 Å². The van der Waals surface area contributed by atoms with E-state index in [1.807, 2.05) is 6.92 Å². The molecule has 34 heavy (non-hydrogen) atoms. The molecule has 0 amide bonds. The standard InChI is InChI=1S/C24H26F3N5O2/c1-11-6-15-17(9-29-11)12(7-16(19(15)25)22(26)27)2-3-13-8-18(21(34)20(13)33)32-5-4-14-23(28)30-10-31-24(14)32/h4-5,7-8,10-11,18,20-22,29,33-34H,2-3,6,9H2,1H3,(H2,28,30,31). The smallest absolute Gasteiger partial charge is 0.266 e. The molecule has 0 saturated carbocycles. The van der Waals surface area contributed by atoms with Gasteiger partial charge in [-0.1, -0.05) is 6.08 Å². The number of benzene rings is 1. The van der Waals surface area contributed by atoms with Crippen molar-refractivity contribution >= 4 is 16.9 Å². The molecule has 2 aliphatic rings. The van der Waals surface area contributed by atoms with Crippen LogP contribution in [0.25, 0.3) is 11.0 Å². The van der Waals surface area contributed by atoms with E-state index in [1.54, 1.807) is 22.9 Å². The predicted molar refractivity (Wildman–Crippen MR) is 121 cm³/mol. The van der Waals surface area contributed by atoms with E-state index < -0.39 is 36.1 Å². The minimum Gasteiger partial charge on any atom is -0.388 e. The second kappa shape index (κ2) is 8.68. The van der Waals surface area contributed by atoms with Crippen LogP contribution in [0.3, 0.4) is 0 Å². The van der Waals surface area contributed by atoms with Crippen molar-refractivity contribution in [2.75, 3.05) is 5.73 Å². The number of aliphatic hydroxyl groups is 2. The van der Waals surface area contributed by atoms with Crippen molar-refractivity contribution in [3.63, 3.8) is 0 Å². The maximum absolute atomic E-state index is 14.8. The molecule has 10 heteroatoms. The fourth-order valence-corrected chi connectivity index (χ4v) is 5.12. The summed E-state index contributed by atoms with van der Waals surface area (Å²) in [5.41, 5.74) is 8.12. The van der Waals surface area contributed by atoms with Crippen LogP contribution in [0.5, 0.6) is 0 Å². The van der Waals surface area contributed by atoms with Crippen molar-refractivity contribution < 1.29 is 23.4 Å². The van der Waals surface area contributed by atoms with Gasteiger partial charge in [0.1, 0.15) is 35.8 Å². The molecule has 0 bridgehead atoms. The third-order valence-corrected chi connectivity index (χ3v) is 6.96. The molecule has 4 unspecified atom stereocenters. The summed E-state index contributed by atoms with van der Waals surface area (Å²) in [5.74, 6) is -0.502. The van der Waals surface area contributed by atoms with Gasteiger partial charge in [-0.15, -0.1) is 0 Å². The minimum atomic E-state index is -2.91. The first-order valence-corrected chi connectivity index (χ1v) is 11.2. The van der Waals surface area contributed by atoms with Gasteiger partial charge in [-0.25, -0.2) is 23.1 Å². The van der Waals surface area contributed by atoms with E-state index in [0.29, 0.717) is 64.9 Å². The first-order chi connectivity index (χ1) is 16.3. The summed E-state index contributed by atoms with van der Waals surface area (Å²) in [7, 11) is 0. The lowest BCUT2D eigenvalue weighted by Crippen LogP contribution is -2.34. The molecule has 7 nitrogen and oxygen atoms in total. The average molecular weight is 473 g/mol. The summed E-state index contributed by atoms with van der Waals surface area (Å²) >= 11 is 0. The zero-order valence-corrected chi connectivity index (χ0v) is 18.5. The Morgan fingerprint density at radius 1 is 1.24 bits per heavy atom. The number of hydrogen-bond acceptors (Lipinski definition) is 6. The summed E-state index contributed by atoms with van der Waals surface area (Å²) in [6.45, 7) is 2.29. The molecule has 2 aromatic heterocycles. The van der Waals surface area contributed by atoms with Crippen molar-refractivity contribution in [1.82, 2.24) is 19.9 Å². The number of rotatable bonds is 5. The van der Waals surface area contributed by atoms with Crippen LogP contribution >= 0.6 is 0 Å². The number of fused-ring (bicyclic) bond motifs is 2. The number of halogens is 3. The van der Waals surface area contributed by atoms with E-state index >= 15 is 0 Å². The lowest BCUT2D eigenvalue weighted by Gasteiger charge is -2.27. The number of nitrogen functional groups attached to an aromatic ring is 1. The Morgan fingerprint density at radius 3 is 2.79 bits per heavy atom. The summed E-state index contributed by atoms with van der Waals surface area (Å²) in [5, 5.41) is 25.4. The Kier molecular flexibility index (Phi) is 5.83. The summed E-state index contributed by atoms with van der Waals surface area (Å²) in [6, 6.07) is 2.41. The molecule has 1 aliphatic heterocycles. The molecule has 1 aliphatic carbocycles. The SMILES string of the molecule is CC1Cc2c(F)c(C(F)F)cc(CCC3=CC(n4ccc5c(N)ncnc54)C(O)C3O)c2CN1. The van der Waals surface area contributed by atoms with Gasteiger partial charge < -0.3 is 25.8 Å². The number of aliphatic hydroxyl groups excluding tert-OH is 2. The summed E-state index contributed by atoms with van der Waals surface area (Å²) in [4.78, 5) is 8.22. The van der Waals surface area contributed by atoms with E-state index in [-0.39, 0.29) is 6.04 Å². The number of aryl methyl sites for hydroxylation is 1. The lowest BCUT2D eigenvalue weighted by molar-refractivity contribution is 0.0317. The zero-order chi connectivity index (χ0) is 24.1. The number of hydrogen-bond donors (Lipinski definition) is 4. The van der Waals surface area contributed by atoms with Crippen molar-refractivity contribution in [3.05, 3.63) is 64.4 Å². The topological polar surface area (TPSA) is 109 Å². The van der Waals surface area contributed by atoms with Gasteiger partial charge in [0.05, 0.1) is 17.0 Å². The van der Waals surface area contributed by atoms with Crippen molar-refractivity contribution in [2.45, 2.75) is 63.4 Å². The van der Waals surface area contributed by atoms with Gasteiger partial charge in [-0.3, -0.25) is 0 Å². The molecule has 5 rings (SSSR count). The monoisotopic (exact) mass is 473 g/mol. The Bertz CT molecular complexity index is 1280. The molecule has 3 aromatic rings. The maximum Gasteiger partial charge on any atom is 0.266 e. The van der Waals surface area contributed by atoms with Gasteiger partial charge in [0.25, 0.3) is 6.43 Å². The van der Waals surface area contributed by atoms with Crippen LogP contribution < -0.4 is 11.1 Å². The van der Waals surface area contributed by atoms with Gasteiger partial charge in [0.2, 0.25) is 0 Å². The van der Waals surface area contributed by atoms with E-state index in [9.17, 15) is 23.4 Å². The van der Waals surface area contributed by atoms with Crippen LogP contribution in [0.4, 0.5) is 19.0 Å². The molecule has 1 aromatic carbocycles. The molecular formula is C24H26F3N5O2. The fraction of sp³-hybridized carbons (Fsp3) is 0.417. The second-order valence-electron chi connectivity index (χ2n) is 9.07. The van der Waals surface area contributed by atoms with E-state index in [4.69, 9.17) is 5.73 Å². The first kappa shape index (κ1) is 22.8. The summed E-state index contributed by atoms with van der Waals surface area (Å²) in [6.07, 6.45) is 0.715. The Balaban J connectivity index is 1.44. The van der Waals surface area contributed by atoms with Gasteiger partial charge in [-0.2, -0.15) is 0 Å². The quantitative estimate of drug-likeness (QED) is 0.425. The molecule has 0 saturated heterocycles. The zero-order valence-electron chi connectivity index (χ0n) is 18.5. The van der Waals surface area contributed by atoms with Gasteiger partial charge in [0, 0.05) is 18.8 Å². The molecule has 5 N–H and O–H groups in total. The third-order valence-electron chi connectivity index (χ3n) is 6.96. The number of alkyl halides is 2. The average Bonchev–Trinajstić information content (AvgIpc) is 3.35. The van der Waals surface area contributed by atoms with E-state index in [2.05, 4.69) is 15.3 Å². The van der Waals surface area contributed by atoms with Gasteiger partial charge >= 0.3 is 0 Å².